The van der Waals surface area contributed by atoms with Gasteiger partial charge in [0.15, 0.2) is 5.43 Å². The summed E-state index contributed by atoms with van der Waals surface area (Å²) < 4.78 is 16.5. The van der Waals surface area contributed by atoms with Crippen molar-refractivity contribution in [3.8, 4) is 34.3 Å². The van der Waals surface area contributed by atoms with Crippen molar-refractivity contribution in [1.29, 1.82) is 0 Å². The Kier molecular flexibility index (Phi) is 7.87. The van der Waals surface area contributed by atoms with E-state index in [-0.39, 0.29) is 28.2 Å². The number of aliphatic hydroxyl groups is 3. The maximum absolute atomic E-state index is 13.0. The molecule has 0 radical (unpaired) electrons. The average Bonchev–Trinajstić information content (AvgIpc) is 2.96. The minimum absolute atomic E-state index is 0.00113. The van der Waals surface area contributed by atoms with Crippen molar-refractivity contribution in [1.82, 2.24) is 0 Å². The summed E-state index contributed by atoms with van der Waals surface area (Å²) in [4.78, 5) is 25.2. The van der Waals surface area contributed by atoms with Crippen molar-refractivity contribution in [2.45, 2.75) is 30.5 Å². The van der Waals surface area contributed by atoms with Crippen LogP contribution in [0.2, 0.25) is 0 Å². The zero-order valence-corrected chi connectivity index (χ0v) is 21.7. The van der Waals surface area contributed by atoms with Crippen LogP contribution in [0.3, 0.4) is 0 Å². The minimum atomic E-state index is -1.86. The number of ether oxygens (including phenoxy) is 2. The number of hydrogen-bond donors (Lipinski definition) is 7. The Morgan fingerprint density at radius 1 is 0.857 bits per heavy atom. The molecule has 1 fully saturated rings. The van der Waals surface area contributed by atoms with Crippen molar-refractivity contribution in [2.24, 2.45) is 0 Å². The van der Waals surface area contributed by atoms with Gasteiger partial charge in [-0.2, -0.15) is 0 Å². The molecule has 3 aromatic carbocycles. The van der Waals surface area contributed by atoms with Crippen LogP contribution in [-0.2, 0) is 14.3 Å². The summed E-state index contributed by atoms with van der Waals surface area (Å²) in [7, 11) is 0. The smallest absolute Gasteiger partial charge is 0.330 e. The standard InChI is InChI=1S/C30H26O12/c31-16-6-1-14(2-7-16)3-10-23(35)40-13-22-26(36)28(38)29(39)30(42-22)25-19(34)12-21-24(27(25)37)18(33)11-20(41-21)15-4-8-17(32)9-5-15/h1-12,22,26,28-32,34,36-39H,13H2/t22-,26-,28+,29-,30+/m1/s1. The summed E-state index contributed by atoms with van der Waals surface area (Å²) in [6.45, 7) is -0.576. The molecule has 0 unspecified atom stereocenters. The number of phenolic OH excluding ortho intramolecular Hbond substituents is 4. The molecular formula is C30H26O12. The van der Waals surface area contributed by atoms with Gasteiger partial charge in [-0.1, -0.05) is 12.1 Å². The van der Waals surface area contributed by atoms with Crippen molar-refractivity contribution in [3.63, 3.8) is 0 Å². The molecule has 12 nitrogen and oxygen atoms in total. The molecule has 4 aromatic rings. The van der Waals surface area contributed by atoms with Gasteiger partial charge < -0.3 is 49.6 Å². The average molecular weight is 579 g/mol. The number of carbonyl (C=O) groups excluding carboxylic acids is 1. The molecule has 1 aliphatic rings. The summed E-state index contributed by atoms with van der Waals surface area (Å²) in [5.41, 5.74) is -0.308. The van der Waals surface area contributed by atoms with E-state index in [4.69, 9.17) is 13.9 Å². The van der Waals surface area contributed by atoms with Crippen LogP contribution < -0.4 is 5.43 Å². The first-order valence-corrected chi connectivity index (χ1v) is 12.7. The van der Waals surface area contributed by atoms with Crippen LogP contribution in [-0.4, -0.2) is 72.7 Å². The Morgan fingerprint density at radius 2 is 1.50 bits per heavy atom. The van der Waals surface area contributed by atoms with Crippen LogP contribution in [0.1, 0.15) is 17.2 Å². The number of hydrogen-bond acceptors (Lipinski definition) is 12. The lowest BCUT2D eigenvalue weighted by Gasteiger charge is -2.40. The summed E-state index contributed by atoms with van der Waals surface area (Å²) in [5, 5.41) is 72.0. The second kappa shape index (κ2) is 11.5. The van der Waals surface area contributed by atoms with Gasteiger partial charge in [0, 0.05) is 23.8 Å². The van der Waals surface area contributed by atoms with E-state index in [2.05, 4.69) is 0 Å². The molecule has 0 bridgehead atoms. The van der Waals surface area contributed by atoms with E-state index in [1.807, 2.05) is 0 Å². The first kappa shape index (κ1) is 28.6. The van der Waals surface area contributed by atoms with Crippen LogP contribution in [0.15, 0.2) is 76.0 Å². The maximum atomic E-state index is 13.0. The topological polar surface area (TPSA) is 207 Å². The third-order valence-electron chi connectivity index (χ3n) is 6.85. The summed E-state index contributed by atoms with van der Waals surface area (Å²) in [6.07, 6.45) is -5.96. The van der Waals surface area contributed by atoms with E-state index in [0.717, 1.165) is 18.2 Å². The molecule has 7 N–H and O–H groups in total. The number of esters is 1. The van der Waals surface area contributed by atoms with E-state index < -0.39 is 65.6 Å². The molecule has 5 rings (SSSR count). The Morgan fingerprint density at radius 3 is 2.17 bits per heavy atom. The Hall–Kier alpha value is -4.88. The third kappa shape index (κ3) is 5.64. The van der Waals surface area contributed by atoms with Gasteiger partial charge >= 0.3 is 5.97 Å². The lowest BCUT2D eigenvalue weighted by molar-refractivity contribution is -0.234. The molecule has 1 aliphatic heterocycles. The second-order valence-electron chi connectivity index (χ2n) is 9.67. The van der Waals surface area contributed by atoms with Crippen LogP contribution in [0.25, 0.3) is 28.4 Å². The number of aromatic hydroxyl groups is 4. The highest BCUT2D eigenvalue weighted by Crippen LogP contribution is 2.44. The predicted molar refractivity (Wildman–Crippen MR) is 147 cm³/mol. The minimum Gasteiger partial charge on any atom is -0.508 e. The largest absolute Gasteiger partial charge is 0.508 e. The van der Waals surface area contributed by atoms with E-state index in [1.165, 1.54) is 42.5 Å². The number of benzene rings is 3. The molecule has 0 amide bonds. The van der Waals surface area contributed by atoms with Gasteiger partial charge in [0.2, 0.25) is 0 Å². The molecule has 42 heavy (non-hydrogen) atoms. The fourth-order valence-corrected chi connectivity index (χ4v) is 4.64. The highest BCUT2D eigenvalue weighted by atomic mass is 16.6. The summed E-state index contributed by atoms with van der Waals surface area (Å²) in [6, 6.07) is 13.9. The molecule has 218 valence electrons. The molecule has 1 aromatic heterocycles. The molecular weight excluding hydrogens is 552 g/mol. The van der Waals surface area contributed by atoms with E-state index in [1.54, 1.807) is 12.1 Å². The Balaban J connectivity index is 1.40. The summed E-state index contributed by atoms with van der Waals surface area (Å²) >= 11 is 0. The second-order valence-corrected chi connectivity index (χ2v) is 9.67. The van der Waals surface area contributed by atoms with Gasteiger partial charge in [-0.25, -0.2) is 4.79 Å². The highest BCUT2D eigenvalue weighted by Gasteiger charge is 2.46. The fourth-order valence-electron chi connectivity index (χ4n) is 4.64. The van der Waals surface area contributed by atoms with Gasteiger partial charge in [0.05, 0.1) is 5.56 Å². The lowest BCUT2D eigenvalue weighted by Crippen LogP contribution is -2.55. The third-order valence-corrected chi connectivity index (χ3v) is 6.85. The van der Waals surface area contributed by atoms with Crippen LogP contribution in [0, 0.1) is 0 Å². The maximum Gasteiger partial charge on any atom is 0.330 e. The van der Waals surface area contributed by atoms with Gasteiger partial charge in [0.1, 0.15) is 76.9 Å². The molecule has 0 saturated carbocycles. The number of aliphatic hydroxyl groups excluding tert-OH is 3. The molecule has 2 heterocycles. The van der Waals surface area contributed by atoms with E-state index in [9.17, 15) is 45.3 Å². The normalized spacial score (nSPS) is 22.4. The molecule has 12 heteroatoms. The van der Waals surface area contributed by atoms with Gasteiger partial charge in [0.25, 0.3) is 0 Å². The van der Waals surface area contributed by atoms with E-state index in [0.29, 0.717) is 11.1 Å². The van der Waals surface area contributed by atoms with Crippen LogP contribution in [0.5, 0.6) is 23.0 Å². The first-order chi connectivity index (χ1) is 20.0. The Labute approximate surface area is 237 Å². The van der Waals surface area contributed by atoms with Crippen molar-refractivity contribution in [2.75, 3.05) is 6.61 Å². The molecule has 0 aliphatic carbocycles. The fraction of sp³-hybridized carbons (Fsp3) is 0.200. The zero-order chi connectivity index (χ0) is 30.1. The van der Waals surface area contributed by atoms with Crippen molar-refractivity contribution in [3.05, 3.63) is 88.1 Å². The number of rotatable bonds is 6. The van der Waals surface area contributed by atoms with Crippen molar-refractivity contribution >= 4 is 23.0 Å². The van der Waals surface area contributed by atoms with E-state index >= 15 is 0 Å². The Bertz CT molecular complexity index is 1690. The SMILES string of the molecule is O=C(C=Cc1ccc(O)cc1)OC[C@H]1O[C@@H](c2c(O)cc3oc(-c4ccc(O)cc4)cc(=O)c3c2O)[C@H](O)[C@@H](O)[C@@H]1O. The molecule has 1 saturated heterocycles. The quantitative estimate of drug-likeness (QED) is 0.130. The van der Waals surface area contributed by atoms with Crippen molar-refractivity contribution < 1.29 is 54.4 Å². The predicted octanol–water partition coefficient (Wildman–Crippen LogP) is 2.06. The van der Waals surface area contributed by atoms with Crippen LogP contribution >= 0.6 is 0 Å². The molecule has 5 atom stereocenters. The monoisotopic (exact) mass is 578 g/mol. The highest BCUT2D eigenvalue weighted by molar-refractivity contribution is 5.88. The van der Waals surface area contributed by atoms with Crippen LogP contribution in [0.4, 0.5) is 0 Å². The first-order valence-electron chi connectivity index (χ1n) is 12.7. The van der Waals surface area contributed by atoms with Gasteiger partial charge in [-0.3, -0.25) is 4.79 Å². The van der Waals surface area contributed by atoms with Gasteiger partial charge in [-0.15, -0.1) is 0 Å². The zero-order valence-electron chi connectivity index (χ0n) is 21.7. The summed E-state index contributed by atoms with van der Waals surface area (Å²) in [5.74, 6) is -2.11. The lowest BCUT2D eigenvalue weighted by atomic mass is 9.89. The number of phenols is 4. The van der Waals surface area contributed by atoms with Gasteiger partial charge in [-0.05, 0) is 48.0 Å². The molecule has 0 spiro atoms. The number of fused-ring (bicyclic) bond motifs is 1. The number of carbonyl (C=O) groups is 1.